The van der Waals surface area contributed by atoms with E-state index in [4.69, 9.17) is 0 Å². The first-order valence-electron chi connectivity index (χ1n) is 10.9. The molecule has 12 aliphatic carbocycles. The van der Waals surface area contributed by atoms with Gasteiger partial charge in [-0.15, -0.1) is 0 Å². The van der Waals surface area contributed by atoms with Crippen molar-refractivity contribution < 1.29 is 0 Å². The molecule has 12 unspecified atom stereocenters. The smallest absolute Gasteiger partial charge is 0.0139 e. The minimum Gasteiger partial charge on any atom is -0.0462 e. The fraction of sp³-hybridized carbons (Fsp3) is 1.00. The third-order valence-corrected chi connectivity index (χ3v) is 12.4. The number of hydrogen-bond acceptors (Lipinski definition) is 0. The maximum atomic E-state index is 1.72. The van der Waals surface area contributed by atoms with Crippen molar-refractivity contribution in [1.82, 2.24) is 0 Å². The number of hydrogen-bond donors (Lipinski definition) is 0. The molecule has 0 aromatic carbocycles. The predicted molar refractivity (Wildman–Crippen MR) is 81.4 cm³/mol. The fourth-order valence-corrected chi connectivity index (χ4v) is 12.6. The largest absolute Gasteiger partial charge is 0.0462 e. The highest BCUT2D eigenvalue weighted by Crippen LogP contribution is 3.00. The molecule has 22 heavy (non-hydrogen) atoms. The predicted octanol–water partition coefficient (Wildman–Crippen LogP) is 4.06. The van der Waals surface area contributed by atoms with Crippen LogP contribution in [0.2, 0.25) is 0 Å². The van der Waals surface area contributed by atoms with E-state index in [1.165, 1.54) is 82.9 Å². The Morgan fingerprint density at radius 1 is 0.364 bits per heavy atom. The Balaban J connectivity index is 1.33. The molecular weight excluding hydrogens is 264 g/mol. The molecule has 4 bridgehead atoms. The van der Waals surface area contributed by atoms with Crippen LogP contribution in [-0.2, 0) is 0 Å². The second kappa shape index (κ2) is 2.33. The van der Waals surface area contributed by atoms with Gasteiger partial charge < -0.3 is 0 Å². The van der Waals surface area contributed by atoms with Crippen LogP contribution in [0.1, 0.15) is 38.5 Å². The Morgan fingerprint density at radius 2 is 0.591 bits per heavy atom. The number of rotatable bonds is 1. The average molecular weight is 290 g/mol. The summed E-state index contributed by atoms with van der Waals surface area (Å²) in [7, 11) is 0. The molecule has 114 valence electrons. The SMILES string of the molecule is C1C2C3C4CC4C(C45C6CC6C(C6CC64)C4CC45)(C12)C1CC31. The topological polar surface area (TPSA) is 0 Å². The lowest BCUT2D eigenvalue weighted by Gasteiger charge is -2.63. The van der Waals surface area contributed by atoms with Crippen LogP contribution in [0.3, 0.4) is 0 Å². The summed E-state index contributed by atoms with van der Waals surface area (Å²) >= 11 is 0. The molecule has 0 heteroatoms. The molecule has 12 saturated carbocycles. The molecule has 12 fully saturated rings. The van der Waals surface area contributed by atoms with Crippen molar-refractivity contribution in [2.24, 2.45) is 93.7 Å². The van der Waals surface area contributed by atoms with Crippen molar-refractivity contribution in [3.63, 3.8) is 0 Å². The first-order valence-corrected chi connectivity index (χ1v) is 10.9. The summed E-state index contributed by atoms with van der Waals surface area (Å²) in [5.74, 6) is 17.9. The maximum absolute atomic E-state index is 1.72. The molecule has 0 spiro atoms. The summed E-state index contributed by atoms with van der Waals surface area (Å²) in [5.41, 5.74) is 1.96. The van der Waals surface area contributed by atoms with Gasteiger partial charge >= 0.3 is 0 Å². The Bertz CT molecular complexity index is 554. The van der Waals surface area contributed by atoms with E-state index in [0.717, 1.165) is 10.8 Å². The van der Waals surface area contributed by atoms with Gasteiger partial charge in [0.1, 0.15) is 0 Å². The highest BCUT2D eigenvalue weighted by atomic mass is 15.0. The Hall–Kier alpha value is 0. The van der Waals surface area contributed by atoms with Crippen LogP contribution in [0.5, 0.6) is 0 Å². The van der Waals surface area contributed by atoms with Crippen molar-refractivity contribution in [2.75, 3.05) is 0 Å². The van der Waals surface area contributed by atoms with Crippen LogP contribution in [-0.4, -0.2) is 0 Å². The van der Waals surface area contributed by atoms with Crippen LogP contribution in [0, 0.1) is 93.7 Å². The van der Waals surface area contributed by atoms with Crippen LogP contribution >= 0.6 is 0 Å². The zero-order valence-electron chi connectivity index (χ0n) is 13.3. The summed E-state index contributed by atoms with van der Waals surface area (Å²) in [6, 6.07) is 0. The van der Waals surface area contributed by atoms with Gasteiger partial charge in [0.15, 0.2) is 0 Å². The minimum atomic E-state index is 0.978. The van der Waals surface area contributed by atoms with Gasteiger partial charge in [-0.25, -0.2) is 0 Å². The summed E-state index contributed by atoms with van der Waals surface area (Å²) in [6.07, 6.45) is 10.3. The van der Waals surface area contributed by atoms with E-state index in [9.17, 15) is 0 Å². The van der Waals surface area contributed by atoms with Crippen molar-refractivity contribution in [1.29, 1.82) is 0 Å². The zero-order valence-corrected chi connectivity index (χ0v) is 13.3. The molecular formula is C22H26. The molecule has 0 amide bonds. The molecule has 0 aliphatic heterocycles. The Labute approximate surface area is 132 Å². The Kier molecular flexibility index (Phi) is 1.07. The lowest BCUT2D eigenvalue weighted by Crippen LogP contribution is -2.60. The van der Waals surface area contributed by atoms with E-state index in [1.54, 1.807) is 38.5 Å². The van der Waals surface area contributed by atoms with Gasteiger partial charge in [0.05, 0.1) is 0 Å². The average Bonchev–Trinajstić information content (AvgIpc) is 3.26. The third-order valence-electron chi connectivity index (χ3n) is 12.4. The summed E-state index contributed by atoms with van der Waals surface area (Å²) in [5, 5.41) is 0. The van der Waals surface area contributed by atoms with Crippen LogP contribution < -0.4 is 0 Å². The zero-order chi connectivity index (χ0) is 13.3. The molecule has 12 atom stereocenters. The van der Waals surface area contributed by atoms with E-state index < -0.39 is 0 Å². The highest BCUT2D eigenvalue weighted by Gasteiger charge is 2.95. The van der Waals surface area contributed by atoms with Crippen LogP contribution in [0.25, 0.3) is 0 Å². The van der Waals surface area contributed by atoms with E-state index in [0.29, 0.717) is 0 Å². The Morgan fingerprint density at radius 3 is 0.818 bits per heavy atom. The molecule has 0 aromatic rings. The van der Waals surface area contributed by atoms with Gasteiger partial charge in [0.2, 0.25) is 0 Å². The summed E-state index contributed by atoms with van der Waals surface area (Å²) < 4.78 is 0. The van der Waals surface area contributed by atoms with Crippen molar-refractivity contribution in [2.45, 2.75) is 38.5 Å². The summed E-state index contributed by atoms with van der Waals surface area (Å²) in [6.45, 7) is 0. The van der Waals surface area contributed by atoms with Crippen LogP contribution in [0.4, 0.5) is 0 Å². The van der Waals surface area contributed by atoms with E-state index in [-0.39, 0.29) is 0 Å². The van der Waals surface area contributed by atoms with Gasteiger partial charge in [-0.3, -0.25) is 0 Å². The van der Waals surface area contributed by atoms with Crippen LogP contribution in [0.15, 0.2) is 0 Å². The second-order valence-corrected chi connectivity index (χ2v) is 12.1. The van der Waals surface area contributed by atoms with Crippen molar-refractivity contribution >= 4 is 0 Å². The van der Waals surface area contributed by atoms with Crippen molar-refractivity contribution in [3.8, 4) is 0 Å². The van der Waals surface area contributed by atoms with Gasteiger partial charge in [-0.2, -0.15) is 0 Å². The minimum absolute atomic E-state index is 0.978. The molecule has 0 heterocycles. The van der Waals surface area contributed by atoms with Gasteiger partial charge in [0, 0.05) is 0 Å². The van der Waals surface area contributed by atoms with Crippen molar-refractivity contribution in [3.05, 3.63) is 0 Å². The quantitative estimate of drug-likeness (QED) is 0.683. The molecule has 12 aliphatic rings. The standard InChI is InChI=1S/C22H26/c1-7-13(1)21(14-2-8(14)19(7)9-3-15(9)21)22-16-4-10(16)20(11-5-17(11)22)12-6-18(12)22/h7-20H,1-6H2. The lowest BCUT2D eigenvalue weighted by molar-refractivity contribution is -0.171. The third kappa shape index (κ3) is 0.655. The normalized spacial score (nSPS) is 92.7. The molecule has 0 aromatic heterocycles. The second-order valence-electron chi connectivity index (χ2n) is 12.1. The first kappa shape index (κ1) is 10.1. The molecule has 0 N–H and O–H groups in total. The fourth-order valence-electron chi connectivity index (χ4n) is 12.6. The highest BCUT2D eigenvalue weighted by molar-refractivity contribution is 5.43. The van der Waals surface area contributed by atoms with E-state index in [2.05, 4.69) is 0 Å². The van der Waals surface area contributed by atoms with Gasteiger partial charge in [-0.1, -0.05) is 0 Å². The van der Waals surface area contributed by atoms with E-state index in [1.807, 2.05) is 0 Å². The molecule has 0 nitrogen and oxygen atoms in total. The summed E-state index contributed by atoms with van der Waals surface area (Å²) in [4.78, 5) is 0. The maximum Gasteiger partial charge on any atom is -0.0139 e. The van der Waals surface area contributed by atoms with E-state index >= 15 is 0 Å². The molecule has 0 radical (unpaired) electrons. The van der Waals surface area contributed by atoms with Gasteiger partial charge in [0.25, 0.3) is 0 Å². The lowest BCUT2D eigenvalue weighted by atomic mass is 9.41. The first-order chi connectivity index (χ1) is 10.9. The van der Waals surface area contributed by atoms with Gasteiger partial charge in [-0.05, 0) is 132 Å². The molecule has 12 rings (SSSR count). The monoisotopic (exact) mass is 290 g/mol. The molecule has 0 saturated heterocycles.